The number of nitrogens with one attached hydrogen (secondary N) is 2. The second-order valence-corrected chi connectivity index (χ2v) is 6.45. The lowest BCUT2D eigenvalue weighted by atomic mass is 10.1. The van der Waals surface area contributed by atoms with Crippen molar-refractivity contribution in [2.45, 2.75) is 32.4 Å². The molecule has 0 saturated heterocycles. The van der Waals surface area contributed by atoms with E-state index >= 15 is 0 Å². The van der Waals surface area contributed by atoms with Gasteiger partial charge in [-0.1, -0.05) is 48.5 Å². The molecule has 0 amide bonds. The maximum absolute atomic E-state index is 4.32. The number of aliphatic imine (C=N–C) groups is 1. The predicted molar refractivity (Wildman–Crippen MR) is 109 cm³/mol. The van der Waals surface area contributed by atoms with Gasteiger partial charge in [0.15, 0.2) is 11.8 Å². The Labute approximate surface area is 160 Å². The lowest BCUT2D eigenvalue weighted by Crippen LogP contribution is -2.42. The molecule has 27 heavy (non-hydrogen) atoms. The summed E-state index contributed by atoms with van der Waals surface area (Å²) < 4.78 is 1.97. The highest BCUT2D eigenvalue weighted by molar-refractivity contribution is 5.79. The number of hydrogen-bond acceptors (Lipinski definition) is 3. The van der Waals surface area contributed by atoms with Gasteiger partial charge in [0.25, 0.3) is 0 Å². The largest absolute Gasteiger partial charge is 0.354 e. The summed E-state index contributed by atoms with van der Waals surface area (Å²) in [6, 6.07) is 20.9. The number of guanidine groups is 1. The second kappa shape index (κ2) is 9.52. The maximum Gasteiger partial charge on any atom is 0.191 e. The molecular weight excluding hydrogens is 336 g/mol. The van der Waals surface area contributed by atoms with E-state index in [9.17, 15) is 0 Å². The molecule has 0 bridgehead atoms. The summed E-state index contributed by atoms with van der Waals surface area (Å²) in [5.74, 6) is 1.60. The van der Waals surface area contributed by atoms with Crippen LogP contribution in [0.4, 0.5) is 0 Å². The van der Waals surface area contributed by atoms with Crippen LogP contribution in [-0.2, 0) is 13.0 Å². The van der Waals surface area contributed by atoms with Gasteiger partial charge in [0.2, 0.25) is 0 Å². The minimum atomic E-state index is 0.309. The molecule has 6 nitrogen and oxygen atoms in total. The molecule has 0 fully saturated rings. The summed E-state index contributed by atoms with van der Waals surface area (Å²) in [4.78, 5) is 4.32. The molecule has 3 aromatic rings. The van der Waals surface area contributed by atoms with Crippen molar-refractivity contribution in [1.82, 2.24) is 25.4 Å². The van der Waals surface area contributed by atoms with E-state index in [0.717, 1.165) is 30.3 Å². The van der Waals surface area contributed by atoms with Crippen LogP contribution in [0.5, 0.6) is 0 Å². The van der Waals surface area contributed by atoms with Crippen LogP contribution in [0.3, 0.4) is 0 Å². The van der Waals surface area contributed by atoms with Gasteiger partial charge in [-0.2, -0.15) is 0 Å². The van der Waals surface area contributed by atoms with Gasteiger partial charge >= 0.3 is 0 Å². The third-order valence-electron chi connectivity index (χ3n) is 4.38. The first-order valence-electron chi connectivity index (χ1n) is 9.21. The Kier molecular flexibility index (Phi) is 6.57. The number of rotatable bonds is 7. The van der Waals surface area contributed by atoms with E-state index < -0.39 is 0 Å². The van der Waals surface area contributed by atoms with Crippen LogP contribution in [0.1, 0.15) is 24.7 Å². The summed E-state index contributed by atoms with van der Waals surface area (Å²) in [7, 11) is 1.78. The quantitative estimate of drug-likeness (QED) is 0.501. The molecule has 1 atom stereocenters. The molecule has 1 aromatic heterocycles. The van der Waals surface area contributed by atoms with Crippen molar-refractivity contribution in [2.24, 2.45) is 4.99 Å². The van der Waals surface area contributed by atoms with Crippen LogP contribution in [0.2, 0.25) is 0 Å². The zero-order valence-electron chi connectivity index (χ0n) is 15.8. The van der Waals surface area contributed by atoms with E-state index in [1.54, 1.807) is 13.4 Å². The van der Waals surface area contributed by atoms with Crippen molar-refractivity contribution in [2.75, 3.05) is 7.05 Å². The molecule has 6 heteroatoms. The Morgan fingerprint density at radius 3 is 2.48 bits per heavy atom. The van der Waals surface area contributed by atoms with Crippen LogP contribution in [0.25, 0.3) is 5.69 Å². The second-order valence-electron chi connectivity index (χ2n) is 6.45. The number of benzene rings is 2. The summed E-state index contributed by atoms with van der Waals surface area (Å²) in [6.45, 7) is 2.71. The molecule has 2 N–H and O–H groups in total. The van der Waals surface area contributed by atoms with E-state index in [1.165, 1.54) is 5.56 Å². The van der Waals surface area contributed by atoms with Gasteiger partial charge < -0.3 is 10.6 Å². The Morgan fingerprint density at radius 2 is 1.78 bits per heavy atom. The first kappa shape index (κ1) is 18.6. The molecule has 0 radical (unpaired) electrons. The normalized spacial score (nSPS) is 12.6. The molecular formula is C21H26N6. The number of para-hydroxylation sites is 1. The molecule has 0 aliphatic rings. The van der Waals surface area contributed by atoms with Crippen molar-refractivity contribution >= 4 is 5.96 Å². The zero-order chi connectivity index (χ0) is 18.9. The van der Waals surface area contributed by atoms with Crippen molar-refractivity contribution in [3.8, 4) is 5.69 Å². The van der Waals surface area contributed by atoms with Crippen molar-refractivity contribution < 1.29 is 0 Å². The highest BCUT2D eigenvalue weighted by Crippen LogP contribution is 2.09. The topological polar surface area (TPSA) is 67.1 Å². The van der Waals surface area contributed by atoms with E-state index in [0.29, 0.717) is 12.6 Å². The molecule has 1 unspecified atom stereocenters. The Balaban J connectivity index is 1.52. The van der Waals surface area contributed by atoms with E-state index in [2.05, 4.69) is 57.0 Å². The smallest absolute Gasteiger partial charge is 0.191 e. The fourth-order valence-electron chi connectivity index (χ4n) is 2.87. The van der Waals surface area contributed by atoms with Gasteiger partial charge in [-0.3, -0.25) is 9.56 Å². The first-order valence-corrected chi connectivity index (χ1v) is 9.21. The summed E-state index contributed by atoms with van der Waals surface area (Å²) in [5, 5.41) is 15.0. The highest BCUT2D eigenvalue weighted by Gasteiger charge is 2.09. The van der Waals surface area contributed by atoms with Gasteiger partial charge in [0.1, 0.15) is 6.33 Å². The molecule has 0 saturated carbocycles. The highest BCUT2D eigenvalue weighted by atomic mass is 15.3. The molecule has 0 aliphatic heterocycles. The first-order chi connectivity index (χ1) is 13.3. The Morgan fingerprint density at radius 1 is 1.07 bits per heavy atom. The fourth-order valence-corrected chi connectivity index (χ4v) is 2.87. The summed E-state index contributed by atoms with van der Waals surface area (Å²) >= 11 is 0. The maximum atomic E-state index is 4.32. The van der Waals surface area contributed by atoms with E-state index in [-0.39, 0.29) is 0 Å². The average molecular weight is 362 g/mol. The lowest BCUT2D eigenvalue weighted by molar-refractivity contribution is 0.591. The molecule has 0 aliphatic carbocycles. The lowest BCUT2D eigenvalue weighted by Gasteiger charge is -2.18. The van der Waals surface area contributed by atoms with Gasteiger partial charge in [-0.15, -0.1) is 10.2 Å². The van der Waals surface area contributed by atoms with E-state index in [1.807, 2.05) is 41.0 Å². The number of hydrogen-bond donors (Lipinski definition) is 2. The molecule has 1 heterocycles. The average Bonchev–Trinajstić information content (AvgIpc) is 3.19. The number of aromatic nitrogens is 3. The zero-order valence-corrected chi connectivity index (χ0v) is 15.8. The Bertz CT molecular complexity index is 841. The van der Waals surface area contributed by atoms with Crippen LogP contribution in [0, 0.1) is 0 Å². The number of aryl methyl sites for hydroxylation is 1. The molecule has 0 spiro atoms. The van der Waals surface area contributed by atoms with Crippen LogP contribution in [0.15, 0.2) is 72.0 Å². The van der Waals surface area contributed by atoms with Crippen molar-refractivity contribution in [1.29, 1.82) is 0 Å². The SMILES string of the molecule is CN=C(NCc1nncn1-c1ccccc1)NC(C)CCc1ccccc1. The minimum Gasteiger partial charge on any atom is -0.354 e. The molecule has 3 rings (SSSR count). The van der Waals surface area contributed by atoms with Crippen LogP contribution >= 0.6 is 0 Å². The van der Waals surface area contributed by atoms with Gasteiger partial charge in [-0.25, -0.2) is 0 Å². The third-order valence-corrected chi connectivity index (χ3v) is 4.38. The van der Waals surface area contributed by atoms with Gasteiger partial charge in [-0.05, 0) is 37.5 Å². The van der Waals surface area contributed by atoms with Crippen LogP contribution < -0.4 is 10.6 Å². The van der Waals surface area contributed by atoms with Gasteiger partial charge in [0, 0.05) is 18.8 Å². The third kappa shape index (κ3) is 5.41. The summed E-state index contributed by atoms with van der Waals surface area (Å²) in [6.07, 6.45) is 3.80. The molecule has 140 valence electrons. The monoisotopic (exact) mass is 362 g/mol. The number of nitrogens with zero attached hydrogens (tertiary/aromatic N) is 4. The van der Waals surface area contributed by atoms with Crippen LogP contribution in [-0.4, -0.2) is 33.8 Å². The van der Waals surface area contributed by atoms with E-state index in [4.69, 9.17) is 0 Å². The standard InChI is InChI=1S/C21H26N6/c1-17(13-14-18-9-5-3-6-10-18)25-21(22-2)23-15-20-26-24-16-27(20)19-11-7-4-8-12-19/h3-12,16-17H,13-15H2,1-2H3,(H2,22,23,25). The van der Waals surface area contributed by atoms with Gasteiger partial charge in [0.05, 0.1) is 6.54 Å². The fraction of sp³-hybridized carbons (Fsp3) is 0.286. The van der Waals surface area contributed by atoms with Crippen molar-refractivity contribution in [3.63, 3.8) is 0 Å². The minimum absolute atomic E-state index is 0.309. The predicted octanol–water partition coefficient (Wildman–Crippen LogP) is 2.95. The molecule has 2 aromatic carbocycles. The Hall–Kier alpha value is -3.15. The summed E-state index contributed by atoms with van der Waals surface area (Å²) in [5.41, 5.74) is 2.39. The van der Waals surface area contributed by atoms with Crippen molar-refractivity contribution in [3.05, 3.63) is 78.4 Å².